The van der Waals surface area contributed by atoms with E-state index in [2.05, 4.69) is 16.7 Å². The highest BCUT2D eigenvalue weighted by molar-refractivity contribution is 4.71. The van der Waals surface area contributed by atoms with Gasteiger partial charge in [-0.05, 0) is 45.9 Å². The van der Waals surface area contributed by atoms with Gasteiger partial charge in [-0.25, -0.2) is 0 Å². The van der Waals surface area contributed by atoms with Crippen LogP contribution in [0.25, 0.3) is 0 Å². The van der Waals surface area contributed by atoms with Crippen LogP contribution in [-0.2, 0) is 4.74 Å². The molecule has 0 aromatic rings. The molecule has 0 aliphatic carbocycles. The number of ether oxygens (including phenoxy) is 1. The molecule has 0 aromatic heterocycles. The van der Waals surface area contributed by atoms with Crippen molar-refractivity contribution >= 4 is 0 Å². The second kappa shape index (κ2) is 8.01. The summed E-state index contributed by atoms with van der Waals surface area (Å²) in [5.74, 6) is 0. The molecule has 0 aromatic carbocycles. The topological polar surface area (TPSA) is 41.7 Å². The summed E-state index contributed by atoms with van der Waals surface area (Å²) in [5.41, 5.74) is 5.54. The summed E-state index contributed by atoms with van der Waals surface area (Å²) in [6.07, 6.45) is 2.73. The first kappa shape index (κ1) is 13.9. The quantitative estimate of drug-likeness (QED) is 0.715. The molecule has 16 heavy (non-hydrogen) atoms. The molecule has 96 valence electrons. The molecule has 1 aliphatic rings. The number of methoxy groups -OCH3 is 1. The lowest BCUT2D eigenvalue weighted by Crippen LogP contribution is -2.36. The third-order valence-corrected chi connectivity index (χ3v) is 3.28. The van der Waals surface area contributed by atoms with E-state index in [1.807, 2.05) is 0 Å². The number of hydrogen-bond acceptors (Lipinski definition) is 4. The highest BCUT2D eigenvalue weighted by atomic mass is 16.5. The molecule has 1 fully saturated rings. The zero-order chi connectivity index (χ0) is 11.8. The summed E-state index contributed by atoms with van der Waals surface area (Å²) >= 11 is 0. The SMILES string of the molecule is COC(C)CN1CCCN(CCCN)CC1. The van der Waals surface area contributed by atoms with E-state index in [0.29, 0.717) is 6.10 Å². The largest absolute Gasteiger partial charge is 0.380 e. The van der Waals surface area contributed by atoms with Crippen molar-refractivity contribution < 1.29 is 4.74 Å². The summed E-state index contributed by atoms with van der Waals surface area (Å²) in [4.78, 5) is 5.04. The van der Waals surface area contributed by atoms with Gasteiger partial charge < -0.3 is 15.4 Å². The molecule has 1 aliphatic heterocycles. The summed E-state index contributed by atoms with van der Waals surface area (Å²) < 4.78 is 5.31. The maximum atomic E-state index is 5.54. The van der Waals surface area contributed by atoms with Crippen LogP contribution in [-0.4, -0.2) is 68.8 Å². The Morgan fingerprint density at radius 1 is 1.19 bits per heavy atom. The van der Waals surface area contributed by atoms with Gasteiger partial charge in [0.25, 0.3) is 0 Å². The van der Waals surface area contributed by atoms with Crippen molar-refractivity contribution in [2.24, 2.45) is 5.73 Å². The van der Waals surface area contributed by atoms with Crippen LogP contribution in [0, 0.1) is 0 Å². The molecule has 1 atom stereocenters. The average molecular weight is 229 g/mol. The first-order chi connectivity index (χ1) is 7.76. The number of nitrogens with two attached hydrogens (primary N) is 1. The predicted octanol–water partition coefficient (Wildman–Crippen LogP) is 0.378. The van der Waals surface area contributed by atoms with Gasteiger partial charge in [-0.1, -0.05) is 0 Å². The van der Waals surface area contributed by atoms with Crippen LogP contribution in [0.4, 0.5) is 0 Å². The molecule has 1 heterocycles. The second-order valence-corrected chi connectivity index (χ2v) is 4.68. The summed E-state index contributed by atoms with van der Waals surface area (Å²) in [6, 6.07) is 0. The van der Waals surface area contributed by atoms with Crippen LogP contribution < -0.4 is 5.73 Å². The normalized spacial score (nSPS) is 21.9. The Labute approximate surface area is 99.7 Å². The molecular formula is C12H27N3O. The number of nitrogens with zero attached hydrogens (tertiary/aromatic N) is 2. The highest BCUT2D eigenvalue weighted by Crippen LogP contribution is 2.05. The molecule has 0 spiro atoms. The maximum absolute atomic E-state index is 5.54. The summed E-state index contributed by atoms with van der Waals surface area (Å²) in [6.45, 7) is 9.92. The van der Waals surface area contributed by atoms with Crippen molar-refractivity contribution in [3.8, 4) is 0 Å². The molecule has 1 rings (SSSR count). The molecule has 0 amide bonds. The van der Waals surface area contributed by atoms with E-state index in [4.69, 9.17) is 10.5 Å². The molecule has 1 saturated heterocycles. The highest BCUT2D eigenvalue weighted by Gasteiger charge is 2.15. The van der Waals surface area contributed by atoms with Gasteiger partial charge in [0, 0.05) is 26.7 Å². The third kappa shape index (κ3) is 5.25. The Kier molecular flexibility index (Phi) is 6.96. The van der Waals surface area contributed by atoms with Gasteiger partial charge >= 0.3 is 0 Å². The molecule has 0 radical (unpaired) electrons. The second-order valence-electron chi connectivity index (χ2n) is 4.68. The van der Waals surface area contributed by atoms with Gasteiger partial charge in [0.1, 0.15) is 0 Å². The average Bonchev–Trinajstić information content (AvgIpc) is 2.52. The monoisotopic (exact) mass is 229 g/mol. The fraction of sp³-hybridized carbons (Fsp3) is 1.00. The van der Waals surface area contributed by atoms with E-state index < -0.39 is 0 Å². The minimum absolute atomic E-state index is 0.343. The Morgan fingerprint density at radius 2 is 1.88 bits per heavy atom. The van der Waals surface area contributed by atoms with E-state index in [1.165, 1.54) is 26.1 Å². The maximum Gasteiger partial charge on any atom is 0.0670 e. The zero-order valence-electron chi connectivity index (χ0n) is 10.8. The van der Waals surface area contributed by atoms with Gasteiger partial charge in [0.05, 0.1) is 6.10 Å². The van der Waals surface area contributed by atoms with E-state index in [1.54, 1.807) is 7.11 Å². The van der Waals surface area contributed by atoms with E-state index in [9.17, 15) is 0 Å². The molecule has 2 N–H and O–H groups in total. The van der Waals surface area contributed by atoms with Crippen molar-refractivity contribution in [1.82, 2.24) is 9.80 Å². The van der Waals surface area contributed by atoms with E-state index >= 15 is 0 Å². The van der Waals surface area contributed by atoms with Gasteiger partial charge in [-0.15, -0.1) is 0 Å². The minimum Gasteiger partial charge on any atom is -0.380 e. The lowest BCUT2D eigenvalue weighted by atomic mass is 10.3. The third-order valence-electron chi connectivity index (χ3n) is 3.28. The van der Waals surface area contributed by atoms with Crippen LogP contribution in [0.1, 0.15) is 19.8 Å². The van der Waals surface area contributed by atoms with Gasteiger partial charge in [0.15, 0.2) is 0 Å². The summed E-state index contributed by atoms with van der Waals surface area (Å²) in [5, 5.41) is 0. The molecule has 4 nitrogen and oxygen atoms in total. The van der Waals surface area contributed by atoms with Crippen molar-refractivity contribution in [2.45, 2.75) is 25.9 Å². The Hall–Kier alpha value is -0.160. The standard InChI is InChI=1S/C12H27N3O/c1-12(16-2)11-15-8-4-7-14(9-10-15)6-3-5-13/h12H,3-11,13H2,1-2H3. The molecule has 0 saturated carbocycles. The van der Waals surface area contributed by atoms with E-state index in [-0.39, 0.29) is 0 Å². The fourth-order valence-corrected chi connectivity index (χ4v) is 2.18. The van der Waals surface area contributed by atoms with Crippen LogP contribution in [0.5, 0.6) is 0 Å². The Morgan fingerprint density at radius 3 is 2.56 bits per heavy atom. The Balaban J connectivity index is 2.23. The zero-order valence-corrected chi connectivity index (χ0v) is 10.8. The van der Waals surface area contributed by atoms with Crippen LogP contribution >= 0.6 is 0 Å². The van der Waals surface area contributed by atoms with E-state index in [0.717, 1.165) is 32.6 Å². The molecular weight excluding hydrogens is 202 g/mol. The minimum atomic E-state index is 0.343. The lowest BCUT2D eigenvalue weighted by Gasteiger charge is -2.23. The van der Waals surface area contributed by atoms with Gasteiger partial charge in [-0.3, -0.25) is 4.90 Å². The van der Waals surface area contributed by atoms with Crippen molar-refractivity contribution in [3.63, 3.8) is 0 Å². The van der Waals surface area contributed by atoms with Crippen LogP contribution in [0.3, 0.4) is 0 Å². The van der Waals surface area contributed by atoms with Gasteiger partial charge in [-0.2, -0.15) is 0 Å². The van der Waals surface area contributed by atoms with Crippen molar-refractivity contribution in [3.05, 3.63) is 0 Å². The number of hydrogen-bond donors (Lipinski definition) is 1. The first-order valence-electron chi connectivity index (χ1n) is 6.44. The summed E-state index contributed by atoms with van der Waals surface area (Å²) in [7, 11) is 1.79. The lowest BCUT2D eigenvalue weighted by molar-refractivity contribution is 0.0782. The molecule has 1 unspecified atom stereocenters. The number of rotatable bonds is 6. The van der Waals surface area contributed by atoms with Gasteiger partial charge in [0.2, 0.25) is 0 Å². The van der Waals surface area contributed by atoms with Crippen LogP contribution in [0.2, 0.25) is 0 Å². The van der Waals surface area contributed by atoms with Crippen LogP contribution in [0.15, 0.2) is 0 Å². The molecule has 0 bridgehead atoms. The van der Waals surface area contributed by atoms with Crippen molar-refractivity contribution in [2.75, 3.05) is 52.9 Å². The molecule has 4 heteroatoms. The smallest absolute Gasteiger partial charge is 0.0670 e. The van der Waals surface area contributed by atoms with Crippen molar-refractivity contribution in [1.29, 1.82) is 0 Å². The fourth-order valence-electron chi connectivity index (χ4n) is 2.18. The first-order valence-corrected chi connectivity index (χ1v) is 6.44. The Bertz CT molecular complexity index is 178. The predicted molar refractivity (Wildman–Crippen MR) is 67.6 cm³/mol.